The van der Waals surface area contributed by atoms with E-state index in [1.54, 1.807) is 0 Å². The lowest BCUT2D eigenvalue weighted by atomic mass is 9.83. The molecule has 0 aliphatic heterocycles. The highest BCUT2D eigenvalue weighted by atomic mass is 16.5. The van der Waals surface area contributed by atoms with Gasteiger partial charge in [0.2, 0.25) is 0 Å². The maximum absolute atomic E-state index is 8.95. The first-order valence-electron chi connectivity index (χ1n) is 7.18. The van der Waals surface area contributed by atoms with Crippen molar-refractivity contribution in [3.8, 4) is 0 Å². The molecular weight excluding hydrogens is 214 g/mol. The zero-order valence-electron chi connectivity index (χ0n) is 11.5. The van der Waals surface area contributed by atoms with Crippen LogP contribution in [0.5, 0.6) is 0 Å². The monoisotopic (exact) mass is 243 g/mol. The fraction of sp³-hybridized carbons (Fsp3) is 1.00. The van der Waals surface area contributed by atoms with Crippen molar-refractivity contribution >= 4 is 0 Å². The molecule has 1 rings (SSSR count). The highest BCUT2D eigenvalue weighted by Crippen LogP contribution is 2.28. The summed E-state index contributed by atoms with van der Waals surface area (Å²) in [6.07, 6.45) is 6.19. The number of ether oxygens (including phenoxy) is 1. The normalized spacial score (nSPS) is 27.0. The third kappa shape index (κ3) is 6.39. The zero-order chi connectivity index (χ0) is 12.5. The number of aliphatic hydroxyl groups is 1. The molecule has 2 N–H and O–H groups in total. The lowest BCUT2D eigenvalue weighted by Gasteiger charge is -2.27. The predicted octanol–water partition coefficient (Wildman–Crippen LogP) is 2.19. The van der Waals surface area contributed by atoms with Crippen molar-refractivity contribution in [3.05, 3.63) is 0 Å². The lowest BCUT2D eigenvalue weighted by molar-refractivity contribution is 0.0576. The van der Waals surface area contributed by atoms with Crippen LogP contribution < -0.4 is 5.32 Å². The average Bonchev–Trinajstić information content (AvgIpc) is 2.30. The molecule has 0 aromatic heterocycles. The van der Waals surface area contributed by atoms with Crippen molar-refractivity contribution in [1.29, 1.82) is 0 Å². The first-order chi connectivity index (χ1) is 8.26. The molecule has 0 aromatic rings. The summed E-state index contributed by atoms with van der Waals surface area (Å²) < 4.78 is 5.82. The molecular formula is C14H29NO2. The van der Waals surface area contributed by atoms with Gasteiger partial charge in [-0.2, -0.15) is 0 Å². The van der Waals surface area contributed by atoms with Gasteiger partial charge in [0.1, 0.15) is 0 Å². The summed E-state index contributed by atoms with van der Waals surface area (Å²) in [5.41, 5.74) is 0. The minimum Gasteiger partial charge on any atom is -0.396 e. The summed E-state index contributed by atoms with van der Waals surface area (Å²) in [5.74, 6) is 1.63. The fourth-order valence-electron chi connectivity index (χ4n) is 2.78. The second kappa shape index (κ2) is 8.90. The van der Waals surface area contributed by atoms with Crippen LogP contribution >= 0.6 is 0 Å². The molecule has 1 fully saturated rings. The second-order valence-electron chi connectivity index (χ2n) is 5.44. The van der Waals surface area contributed by atoms with Gasteiger partial charge >= 0.3 is 0 Å². The Morgan fingerprint density at radius 1 is 1.41 bits per heavy atom. The van der Waals surface area contributed by atoms with Crippen LogP contribution in [0.3, 0.4) is 0 Å². The van der Waals surface area contributed by atoms with Gasteiger partial charge in [-0.25, -0.2) is 0 Å². The van der Waals surface area contributed by atoms with E-state index in [1.165, 1.54) is 25.7 Å². The minimum absolute atomic E-state index is 0.238. The molecule has 0 saturated heterocycles. The number of rotatable bonds is 8. The first kappa shape index (κ1) is 14.9. The quantitative estimate of drug-likeness (QED) is 0.686. The van der Waals surface area contributed by atoms with Crippen molar-refractivity contribution < 1.29 is 9.84 Å². The largest absolute Gasteiger partial charge is 0.396 e. The molecule has 0 heterocycles. The standard InChI is InChI=1S/C14H29NO2/c1-3-15-14(7-8-16)11-17-10-13-6-4-5-12(2)9-13/h12-16H,3-11H2,1-2H3. The van der Waals surface area contributed by atoms with Crippen LogP contribution in [0.15, 0.2) is 0 Å². The summed E-state index contributed by atoms with van der Waals surface area (Å²) in [6.45, 7) is 7.25. The summed E-state index contributed by atoms with van der Waals surface area (Å²) in [5, 5.41) is 12.3. The van der Waals surface area contributed by atoms with Crippen molar-refractivity contribution in [1.82, 2.24) is 5.32 Å². The number of likely N-dealkylation sites (N-methyl/N-ethyl adjacent to an activating group) is 1. The second-order valence-corrected chi connectivity index (χ2v) is 5.44. The predicted molar refractivity (Wildman–Crippen MR) is 71.1 cm³/mol. The van der Waals surface area contributed by atoms with E-state index >= 15 is 0 Å². The van der Waals surface area contributed by atoms with E-state index in [-0.39, 0.29) is 6.61 Å². The summed E-state index contributed by atoms with van der Waals surface area (Å²) >= 11 is 0. The van der Waals surface area contributed by atoms with Gasteiger partial charge in [-0.3, -0.25) is 0 Å². The maximum Gasteiger partial charge on any atom is 0.0620 e. The Bertz CT molecular complexity index is 176. The van der Waals surface area contributed by atoms with Crippen LogP contribution in [0, 0.1) is 11.8 Å². The van der Waals surface area contributed by atoms with Crippen molar-refractivity contribution in [2.24, 2.45) is 11.8 Å². The molecule has 3 heteroatoms. The van der Waals surface area contributed by atoms with Gasteiger partial charge in [-0.15, -0.1) is 0 Å². The van der Waals surface area contributed by atoms with Gasteiger partial charge in [0.05, 0.1) is 6.61 Å². The van der Waals surface area contributed by atoms with E-state index < -0.39 is 0 Å². The number of nitrogens with one attached hydrogen (secondary N) is 1. The first-order valence-corrected chi connectivity index (χ1v) is 7.18. The van der Waals surface area contributed by atoms with E-state index in [2.05, 4.69) is 19.2 Å². The van der Waals surface area contributed by atoms with Crippen LogP contribution in [0.4, 0.5) is 0 Å². The van der Waals surface area contributed by atoms with Gasteiger partial charge < -0.3 is 15.2 Å². The van der Waals surface area contributed by atoms with Crippen molar-refractivity contribution in [2.45, 2.75) is 52.0 Å². The fourth-order valence-corrected chi connectivity index (χ4v) is 2.78. The smallest absolute Gasteiger partial charge is 0.0620 e. The molecule has 102 valence electrons. The Morgan fingerprint density at radius 3 is 2.88 bits per heavy atom. The summed E-state index contributed by atoms with van der Waals surface area (Å²) in [4.78, 5) is 0. The van der Waals surface area contributed by atoms with Gasteiger partial charge in [-0.1, -0.05) is 26.7 Å². The highest BCUT2D eigenvalue weighted by Gasteiger charge is 2.19. The van der Waals surface area contributed by atoms with Crippen molar-refractivity contribution in [3.63, 3.8) is 0 Å². The van der Waals surface area contributed by atoms with Gasteiger partial charge in [0.25, 0.3) is 0 Å². The number of hydrogen-bond donors (Lipinski definition) is 2. The molecule has 3 unspecified atom stereocenters. The van der Waals surface area contributed by atoms with Crippen LogP contribution in [-0.4, -0.2) is 37.5 Å². The molecule has 0 bridgehead atoms. The topological polar surface area (TPSA) is 41.5 Å². The minimum atomic E-state index is 0.238. The van der Waals surface area contributed by atoms with Gasteiger partial charge in [0, 0.05) is 19.3 Å². The van der Waals surface area contributed by atoms with Crippen LogP contribution in [0.1, 0.15) is 46.0 Å². The lowest BCUT2D eigenvalue weighted by Crippen LogP contribution is -2.35. The van der Waals surface area contributed by atoms with E-state index in [0.29, 0.717) is 6.04 Å². The van der Waals surface area contributed by atoms with Gasteiger partial charge in [-0.05, 0) is 37.6 Å². The molecule has 0 spiro atoms. The molecule has 3 nitrogen and oxygen atoms in total. The van der Waals surface area contributed by atoms with Crippen LogP contribution in [-0.2, 0) is 4.74 Å². The SMILES string of the molecule is CCNC(CCO)COCC1CCCC(C)C1. The summed E-state index contributed by atoms with van der Waals surface area (Å²) in [7, 11) is 0. The summed E-state index contributed by atoms with van der Waals surface area (Å²) in [6, 6.07) is 0.311. The third-order valence-corrected chi connectivity index (χ3v) is 3.69. The maximum atomic E-state index is 8.95. The van der Waals surface area contributed by atoms with E-state index in [0.717, 1.165) is 38.0 Å². The average molecular weight is 243 g/mol. The molecule has 0 aromatic carbocycles. The Morgan fingerprint density at radius 2 is 2.24 bits per heavy atom. The molecule has 1 aliphatic rings. The van der Waals surface area contributed by atoms with E-state index in [9.17, 15) is 0 Å². The molecule has 1 aliphatic carbocycles. The Labute approximate surface area is 106 Å². The molecule has 0 radical (unpaired) electrons. The van der Waals surface area contributed by atoms with E-state index in [4.69, 9.17) is 9.84 Å². The molecule has 3 atom stereocenters. The van der Waals surface area contributed by atoms with E-state index in [1.807, 2.05) is 0 Å². The molecule has 1 saturated carbocycles. The van der Waals surface area contributed by atoms with Crippen LogP contribution in [0.25, 0.3) is 0 Å². The molecule has 17 heavy (non-hydrogen) atoms. The van der Waals surface area contributed by atoms with Gasteiger partial charge in [0.15, 0.2) is 0 Å². The Balaban J connectivity index is 2.11. The zero-order valence-corrected chi connectivity index (χ0v) is 11.5. The van der Waals surface area contributed by atoms with Crippen LogP contribution in [0.2, 0.25) is 0 Å². The number of hydrogen-bond acceptors (Lipinski definition) is 3. The Hall–Kier alpha value is -0.120. The Kier molecular flexibility index (Phi) is 7.82. The van der Waals surface area contributed by atoms with Crippen molar-refractivity contribution in [2.75, 3.05) is 26.4 Å². The molecule has 0 amide bonds. The number of aliphatic hydroxyl groups excluding tert-OH is 1. The highest BCUT2D eigenvalue weighted by molar-refractivity contribution is 4.71. The third-order valence-electron chi connectivity index (χ3n) is 3.69.